The number of amides is 1. The van der Waals surface area contributed by atoms with E-state index in [0.717, 1.165) is 61.1 Å². The van der Waals surface area contributed by atoms with E-state index in [2.05, 4.69) is 59.9 Å². The van der Waals surface area contributed by atoms with Crippen LogP contribution in [-0.4, -0.2) is 96.0 Å². The van der Waals surface area contributed by atoms with Crippen LogP contribution in [0.15, 0.2) is 24.3 Å². The van der Waals surface area contributed by atoms with Gasteiger partial charge in [-0.05, 0) is 57.0 Å². The molecule has 0 unspecified atom stereocenters. The molecule has 0 radical (unpaired) electrons. The number of halogens is 1. The number of benzene rings is 1. The summed E-state index contributed by atoms with van der Waals surface area (Å²) in [6.07, 6.45) is 0.544. The van der Waals surface area contributed by atoms with Crippen LogP contribution < -0.4 is 10.2 Å². The molecular weight excluding hydrogens is 495 g/mol. The summed E-state index contributed by atoms with van der Waals surface area (Å²) in [5, 5.41) is 12.7. The molecule has 3 aliphatic rings. The van der Waals surface area contributed by atoms with E-state index in [1.807, 2.05) is 17.9 Å². The summed E-state index contributed by atoms with van der Waals surface area (Å²) in [6, 6.07) is 8.12. The van der Waals surface area contributed by atoms with Crippen molar-refractivity contribution in [2.45, 2.75) is 77.5 Å². The summed E-state index contributed by atoms with van der Waals surface area (Å²) in [7, 11) is 0. The van der Waals surface area contributed by atoms with Crippen molar-refractivity contribution in [2.24, 2.45) is 0 Å². The van der Waals surface area contributed by atoms with E-state index >= 15 is 0 Å². The second kappa shape index (κ2) is 11.2. The van der Waals surface area contributed by atoms with Crippen LogP contribution in [0.1, 0.15) is 57.1 Å². The highest BCUT2D eigenvalue weighted by molar-refractivity contribution is 5.97. The number of hydrogen-bond donors (Lipinski definition) is 1. The van der Waals surface area contributed by atoms with Crippen molar-refractivity contribution < 1.29 is 13.9 Å². The third kappa shape index (κ3) is 6.01. The minimum absolute atomic E-state index is 0.0981. The number of carbonyl (C=O) groups is 1. The summed E-state index contributed by atoms with van der Waals surface area (Å²) >= 11 is 0. The highest BCUT2D eigenvalue weighted by atomic mass is 19.1. The van der Waals surface area contributed by atoms with Gasteiger partial charge in [-0.3, -0.25) is 14.6 Å². The zero-order chi connectivity index (χ0) is 27.9. The summed E-state index contributed by atoms with van der Waals surface area (Å²) in [5.74, 6) is -0.145. The molecule has 1 amide bonds. The Morgan fingerprint density at radius 3 is 2.62 bits per heavy atom. The predicted molar refractivity (Wildman–Crippen MR) is 151 cm³/mol. The lowest BCUT2D eigenvalue weighted by molar-refractivity contribution is -0.121. The van der Waals surface area contributed by atoms with E-state index in [4.69, 9.17) is 4.74 Å². The van der Waals surface area contributed by atoms with Crippen LogP contribution in [0.3, 0.4) is 0 Å². The van der Waals surface area contributed by atoms with Crippen LogP contribution in [0.2, 0.25) is 0 Å². The molecule has 0 saturated carbocycles. The zero-order valence-electron chi connectivity index (χ0n) is 24.2. The SMILES string of the molecule is Cc1cc(F)ccc1Cc1cc2c(nn1)C(C)(C)CN2C(=O)CN1C[C@@H](C)NC[C@@H]1CN1[C@H](C)COC[C@H]1C. The summed E-state index contributed by atoms with van der Waals surface area (Å²) in [6.45, 7) is 17.8. The first kappa shape index (κ1) is 28.1. The number of ether oxygens (including phenoxy) is 1. The number of nitrogens with zero attached hydrogens (tertiary/aromatic N) is 5. The van der Waals surface area contributed by atoms with E-state index in [1.54, 1.807) is 12.1 Å². The molecule has 0 bridgehead atoms. The minimum Gasteiger partial charge on any atom is -0.378 e. The lowest BCUT2D eigenvalue weighted by Crippen LogP contribution is -2.63. The van der Waals surface area contributed by atoms with Gasteiger partial charge in [0.1, 0.15) is 5.82 Å². The van der Waals surface area contributed by atoms with Gasteiger partial charge in [-0.25, -0.2) is 4.39 Å². The van der Waals surface area contributed by atoms with Crippen LogP contribution in [0.5, 0.6) is 0 Å². The van der Waals surface area contributed by atoms with Gasteiger partial charge < -0.3 is 15.0 Å². The summed E-state index contributed by atoms with van der Waals surface area (Å²) < 4.78 is 19.4. The van der Waals surface area contributed by atoms with Gasteiger partial charge in [0.05, 0.1) is 36.8 Å². The molecule has 5 rings (SSSR count). The number of fused-ring (bicyclic) bond motifs is 1. The number of anilines is 1. The maximum atomic E-state index is 13.9. The highest BCUT2D eigenvalue weighted by Gasteiger charge is 2.41. The number of piperazine rings is 1. The second-order valence-electron chi connectivity index (χ2n) is 12.5. The molecule has 1 N–H and O–H groups in total. The maximum absolute atomic E-state index is 13.9. The molecule has 0 spiro atoms. The number of nitrogens with one attached hydrogen (secondary N) is 1. The van der Waals surface area contributed by atoms with E-state index in [9.17, 15) is 9.18 Å². The normalized spacial score (nSPS) is 27.5. The Bertz CT molecular complexity index is 1200. The van der Waals surface area contributed by atoms with Crippen molar-refractivity contribution in [3.63, 3.8) is 0 Å². The molecule has 0 aliphatic carbocycles. The highest BCUT2D eigenvalue weighted by Crippen LogP contribution is 2.39. The number of rotatable bonds is 6. The number of morpholine rings is 1. The first-order valence-corrected chi connectivity index (χ1v) is 14.2. The Hall–Kier alpha value is -2.46. The van der Waals surface area contributed by atoms with E-state index in [1.165, 1.54) is 6.07 Å². The standard InChI is InChI=1S/C30H43FN6O2/c1-19-9-24(31)8-7-23(19)10-25-11-27-29(34-33-25)30(5,6)18-37(27)28(38)15-35-13-20(2)32-12-26(35)14-36-21(3)16-39-17-22(36)4/h7-9,11,20-22,26,32H,10,12-18H2,1-6H3/t20-,21-,22-,26-/m1/s1. The quantitative estimate of drug-likeness (QED) is 0.606. The molecule has 8 nitrogen and oxygen atoms in total. The first-order chi connectivity index (χ1) is 18.5. The second-order valence-corrected chi connectivity index (χ2v) is 12.5. The largest absolute Gasteiger partial charge is 0.378 e. The van der Waals surface area contributed by atoms with Crippen LogP contribution in [0, 0.1) is 12.7 Å². The van der Waals surface area contributed by atoms with Gasteiger partial charge in [0, 0.05) is 62.2 Å². The lowest BCUT2D eigenvalue weighted by Gasteiger charge is -2.46. The Morgan fingerprint density at radius 1 is 1.15 bits per heavy atom. The molecule has 4 heterocycles. The van der Waals surface area contributed by atoms with Gasteiger partial charge in [-0.15, -0.1) is 0 Å². The van der Waals surface area contributed by atoms with Crippen molar-refractivity contribution in [3.8, 4) is 0 Å². The Kier molecular flexibility index (Phi) is 8.06. The van der Waals surface area contributed by atoms with Gasteiger partial charge in [-0.1, -0.05) is 19.9 Å². The fourth-order valence-corrected chi connectivity index (χ4v) is 6.33. The van der Waals surface area contributed by atoms with Crippen LogP contribution in [0.25, 0.3) is 0 Å². The van der Waals surface area contributed by atoms with E-state index in [-0.39, 0.29) is 23.2 Å². The number of hydrogen-bond acceptors (Lipinski definition) is 7. The fourth-order valence-electron chi connectivity index (χ4n) is 6.33. The molecule has 9 heteroatoms. The molecule has 2 aromatic rings. The zero-order valence-corrected chi connectivity index (χ0v) is 24.2. The van der Waals surface area contributed by atoms with Crippen molar-refractivity contribution >= 4 is 11.6 Å². The van der Waals surface area contributed by atoms with Gasteiger partial charge in [0.2, 0.25) is 5.91 Å². The number of carbonyl (C=O) groups excluding carboxylic acids is 1. The van der Waals surface area contributed by atoms with Gasteiger partial charge in [0.25, 0.3) is 0 Å². The third-order valence-electron chi connectivity index (χ3n) is 8.62. The molecular formula is C30H43FN6O2. The van der Waals surface area contributed by atoms with Crippen molar-refractivity contribution in [1.82, 2.24) is 25.3 Å². The third-order valence-corrected chi connectivity index (χ3v) is 8.62. The lowest BCUT2D eigenvalue weighted by atomic mass is 9.91. The van der Waals surface area contributed by atoms with Crippen LogP contribution in [0.4, 0.5) is 10.1 Å². The number of aromatic nitrogens is 2. The molecule has 2 fully saturated rings. The van der Waals surface area contributed by atoms with E-state index in [0.29, 0.717) is 37.6 Å². The summed E-state index contributed by atoms with van der Waals surface area (Å²) in [4.78, 5) is 20.7. The Labute approximate surface area is 231 Å². The van der Waals surface area contributed by atoms with Gasteiger partial charge >= 0.3 is 0 Å². The molecule has 3 aliphatic heterocycles. The molecule has 39 heavy (non-hydrogen) atoms. The molecule has 1 aromatic heterocycles. The first-order valence-electron chi connectivity index (χ1n) is 14.2. The van der Waals surface area contributed by atoms with Crippen LogP contribution in [-0.2, 0) is 21.4 Å². The molecule has 212 valence electrons. The average Bonchev–Trinajstić information content (AvgIpc) is 3.14. The van der Waals surface area contributed by atoms with Crippen LogP contribution >= 0.6 is 0 Å². The Morgan fingerprint density at radius 2 is 1.90 bits per heavy atom. The number of aryl methyl sites for hydroxylation is 1. The van der Waals surface area contributed by atoms with Gasteiger partial charge in [0.15, 0.2) is 0 Å². The average molecular weight is 539 g/mol. The van der Waals surface area contributed by atoms with Gasteiger partial charge in [-0.2, -0.15) is 10.2 Å². The predicted octanol–water partition coefficient (Wildman–Crippen LogP) is 2.91. The van der Waals surface area contributed by atoms with Crippen molar-refractivity contribution in [2.75, 3.05) is 50.8 Å². The molecule has 2 saturated heterocycles. The topological polar surface area (TPSA) is 73.8 Å². The summed E-state index contributed by atoms with van der Waals surface area (Å²) in [5.41, 5.74) is 4.10. The van der Waals surface area contributed by atoms with Crippen molar-refractivity contribution in [3.05, 3.63) is 52.6 Å². The maximum Gasteiger partial charge on any atom is 0.241 e. The fraction of sp³-hybridized carbons (Fsp3) is 0.633. The monoisotopic (exact) mass is 538 g/mol. The van der Waals surface area contributed by atoms with Crippen molar-refractivity contribution in [1.29, 1.82) is 0 Å². The molecule has 1 aromatic carbocycles. The smallest absolute Gasteiger partial charge is 0.241 e. The van der Waals surface area contributed by atoms with E-state index < -0.39 is 0 Å². The minimum atomic E-state index is -0.281. The molecule has 4 atom stereocenters. The Balaban J connectivity index is 1.34.